The molecule has 3 N–H and O–H groups in total. The van der Waals surface area contributed by atoms with E-state index in [1.165, 1.54) is 25.3 Å². The van der Waals surface area contributed by atoms with Gasteiger partial charge in [0.05, 0.1) is 28.4 Å². The molecule has 0 aromatic heterocycles. The lowest BCUT2D eigenvalue weighted by atomic mass is 10.1. The summed E-state index contributed by atoms with van der Waals surface area (Å²) in [5, 5.41) is 5.46. The van der Waals surface area contributed by atoms with Gasteiger partial charge in [0.15, 0.2) is 0 Å². The van der Waals surface area contributed by atoms with Crippen molar-refractivity contribution in [1.29, 1.82) is 0 Å². The van der Waals surface area contributed by atoms with Crippen molar-refractivity contribution in [3.63, 3.8) is 0 Å². The second kappa shape index (κ2) is 11.0. The highest BCUT2D eigenvalue weighted by Crippen LogP contribution is 2.23. The first-order valence-electron chi connectivity index (χ1n) is 10.6. The van der Waals surface area contributed by atoms with E-state index in [-0.39, 0.29) is 16.4 Å². The van der Waals surface area contributed by atoms with Crippen LogP contribution >= 0.6 is 0 Å². The monoisotopic (exact) mass is 481 g/mol. The highest BCUT2D eigenvalue weighted by Gasteiger charge is 2.18. The number of nitrogens with one attached hydrogen (secondary N) is 3. The first kappa shape index (κ1) is 24.9. The molecule has 178 valence electrons. The molecule has 3 rings (SSSR count). The SMILES string of the molecule is COCCNC(=O)c1ccccc1NC(=O)c1ccc(C)c(NS(=O)(=O)c2ccc(C)cc2)c1. The van der Waals surface area contributed by atoms with Gasteiger partial charge in [-0.2, -0.15) is 0 Å². The number of rotatable bonds is 9. The lowest BCUT2D eigenvalue weighted by molar-refractivity contribution is 0.0938. The molecule has 0 atom stereocenters. The topological polar surface area (TPSA) is 114 Å². The summed E-state index contributed by atoms with van der Waals surface area (Å²) in [5.41, 5.74) is 2.77. The van der Waals surface area contributed by atoms with Crippen LogP contribution < -0.4 is 15.4 Å². The van der Waals surface area contributed by atoms with Gasteiger partial charge in [-0.15, -0.1) is 0 Å². The molecule has 3 aromatic carbocycles. The zero-order valence-electron chi connectivity index (χ0n) is 19.2. The Morgan fingerprint density at radius 3 is 2.29 bits per heavy atom. The summed E-state index contributed by atoms with van der Waals surface area (Å²) in [6.07, 6.45) is 0. The Hall–Kier alpha value is -3.69. The quantitative estimate of drug-likeness (QED) is 0.403. The van der Waals surface area contributed by atoms with Gasteiger partial charge >= 0.3 is 0 Å². The number of hydrogen-bond donors (Lipinski definition) is 3. The van der Waals surface area contributed by atoms with Crippen LogP contribution in [0.25, 0.3) is 0 Å². The van der Waals surface area contributed by atoms with E-state index in [4.69, 9.17) is 4.74 Å². The molecule has 0 fully saturated rings. The van der Waals surface area contributed by atoms with Gasteiger partial charge in [-0.1, -0.05) is 35.9 Å². The van der Waals surface area contributed by atoms with Crippen LogP contribution in [-0.2, 0) is 14.8 Å². The van der Waals surface area contributed by atoms with Crippen molar-refractivity contribution in [3.8, 4) is 0 Å². The van der Waals surface area contributed by atoms with E-state index in [1.54, 1.807) is 55.5 Å². The summed E-state index contributed by atoms with van der Waals surface area (Å²) in [4.78, 5) is 25.5. The molecular weight excluding hydrogens is 454 g/mol. The number of carbonyl (C=O) groups is 2. The molecule has 0 bridgehead atoms. The molecule has 8 nitrogen and oxygen atoms in total. The Labute approximate surface area is 199 Å². The Morgan fingerprint density at radius 2 is 1.59 bits per heavy atom. The number of para-hydroxylation sites is 1. The van der Waals surface area contributed by atoms with Crippen molar-refractivity contribution in [2.24, 2.45) is 0 Å². The van der Waals surface area contributed by atoms with Crippen molar-refractivity contribution in [2.75, 3.05) is 30.3 Å². The number of carbonyl (C=O) groups excluding carboxylic acids is 2. The van der Waals surface area contributed by atoms with Crippen LogP contribution in [-0.4, -0.2) is 40.5 Å². The van der Waals surface area contributed by atoms with E-state index < -0.39 is 15.9 Å². The molecule has 0 spiro atoms. The van der Waals surface area contributed by atoms with Crippen molar-refractivity contribution in [3.05, 3.63) is 89.0 Å². The number of amides is 2. The van der Waals surface area contributed by atoms with E-state index in [9.17, 15) is 18.0 Å². The van der Waals surface area contributed by atoms with E-state index in [0.29, 0.717) is 35.7 Å². The van der Waals surface area contributed by atoms with E-state index in [1.807, 2.05) is 6.92 Å². The van der Waals surface area contributed by atoms with E-state index in [0.717, 1.165) is 5.56 Å². The number of ether oxygens (including phenoxy) is 1. The van der Waals surface area contributed by atoms with Crippen LogP contribution in [0.15, 0.2) is 71.6 Å². The van der Waals surface area contributed by atoms with Crippen LogP contribution in [0, 0.1) is 13.8 Å². The number of sulfonamides is 1. The van der Waals surface area contributed by atoms with Gasteiger partial charge in [-0.05, 0) is 55.8 Å². The lowest BCUT2D eigenvalue weighted by Crippen LogP contribution is -2.28. The maximum absolute atomic E-state index is 12.9. The Bertz CT molecular complexity index is 1290. The minimum Gasteiger partial charge on any atom is -0.383 e. The predicted molar refractivity (Wildman–Crippen MR) is 132 cm³/mol. The fraction of sp³-hybridized carbons (Fsp3) is 0.200. The van der Waals surface area contributed by atoms with Crippen molar-refractivity contribution in [1.82, 2.24) is 5.32 Å². The lowest BCUT2D eigenvalue weighted by Gasteiger charge is -2.14. The van der Waals surface area contributed by atoms with Crippen molar-refractivity contribution < 1.29 is 22.7 Å². The molecule has 0 aliphatic heterocycles. The summed E-state index contributed by atoms with van der Waals surface area (Å²) in [6.45, 7) is 4.32. The molecule has 0 heterocycles. The van der Waals surface area contributed by atoms with Gasteiger partial charge < -0.3 is 15.4 Å². The van der Waals surface area contributed by atoms with Crippen LogP contribution in [0.3, 0.4) is 0 Å². The molecule has 34 heavy (non-hydrogen) atoms. The molecule has 2 amide bonds. The van der Waals surface area contributed by atoms with Crippen LogP contribution in [0.4, 0.5) is 11.4 Å². The smallest absolute Gasteiger partial charge is 0.261 e. The molecule has 0 aliphatic carbocycles. The highest BCUT2D eigenvalue weighted by atomic mass is 32.2. The molecule has 9 heteroatoms. The van der Waals surface area contributed by atoms with E-state index >= 15 is 0 Å². The third kappa shape index (κ3) is 6.21. The zero-order valence-corrected chi connectivity index (χ0v) is 20.0. The predicted octanol–water partition coefficient (Wildman–Crippen LogP) is 3.73. The number of methoxy groups -OCH3 is 1. The summed E-state index contributed by atoms with van der Waals surface area (Å²) >= 11 is 0. The zero-order chi connectivity index (χ0) is 24.7. The second-order valence-electron chi connectivity index (χ2n) is 7.70. The molecule has 0 saturated heterocycles. The molecule has 0 unspecified atom stereocenters. The minimum atomic E-state index is -3.83. The molecule has 0 aliphatic rings. The van der Waals surface area contributed by atoms with Gasteiger partial charge in [0.25, 0.3) is 21.8 Å². The standard InChI is InChI=1S/C25H27N3O5S/c1-17-8-12-20(13-9-17)34(31,32)28-23-16-19(11-10-18(23)2)24(29)27-22-7-5-4-6-21(22)25(30)26-14-15-33-3/h4-13,16,28H,14-15H2,1-3H3,(H,26,30)(H,27,29). The second-order valence-corrected chi connectivity index (χ2v) is 9.38. The Balaban J connectivity index is 1.81. The Morgan fingerprint density at radius 1 is 0.882 bits per heavy atom. The third-order valence-electron chi connectivity index (χ3n) is 5.09. The van der Waals surface area contributed by atoms with Gasteiger partial charge in [0.2, 0.25) is 0 Å². The third-order valence-corrected chi connectivity index (χ3v) is 6.47. The first-order valence-corrected chi connectivity index (χ1v) is 12.1. The highest BCUT2D eigenvalue weighted by molar-refractivity contribution is 7.92. The van der Waals surface area contributed by atoms with Gasteiger partial charge in [0, 0.05) is 19.2 Å². The maximum atomic E-state index is 12.9. The minimum absolute atomic E-state index is 0.126. The van der Waals surface area contributed by atoms with Crippen LogP contribution in [0.1, 0.15) is 31.8 Å². The fourth-order valence-electron chi connectivity index (χ4n) is 3.14. The van der Waals surface area contributed by atoms with E-state index in [2.05, 4.69) is 15.4 Å². The largest absolute Gasteiger partial charge is 0.383 e. The van der Waals surface area contributed by atoms with Crippen molar-refractivity contribution >= 4 is 33.2 Å². The number of anilines is 2. The van der Waals surface area contributed by atoms with Crippen LogP contribution in [0.2, 0.25) is 0 Å². The molecular formula is C25H27N3O5S. The van der Waals surface area contributed by atoms with Crippen molar-refractivity contribution in [2.45, 2.75) is 18.7 Å². The summed E-state index contributed by atoms with van der Waals surface area (Å²) < 4.78 is 33.1. The fourth-order valence-corrected chi connectivity index (χ4v) is 4.26. The molecule has 0 saturated carbocycles. The number of aryl methyl sites for hydroxylation is 2. The van der Waals surface area contributed by atoms with Crippen LogP contribution in [0.5, 0.6) is 0 Å². The Kier molecular flexibility index (Phi) is 8.04. The summed E-state index contributed by atoms with van der Waals surface area (Å²) in [7, 11) is -2.29. The summed E-state index contributed by atoms with van der Waals surface area (Å²) in [6, 6.07) is 17.8. The maximum Gasteiger partial charge on any atom is 0.261 e. The number of benzene rings is 3. The average Bonchev–Trinajstić information content (AvgIpc) is 2.81. The molecule has 3 aromatic rings. The average molecular weight is 482 g/mol. The van der Waals surface area contributed by atoms with Gasteiger partial charge in [0.1, 0.15) is 0 Å². The summed E-state index contributed by atoms with van der Waals surface area (Å²) in [5.74, 6) is -0.823. The van der Waals surface area contributed by atoms with Gasteiger partial charge in [-0.3, -0.25) is 14.3 Å². The normalized spacial score (nSPS) is 11.0. The number of hydrogen-bond acceptors (Lipinski definition) is 5. The first-order chi connectivity index (χ1) is 16.2. The van der Waals surface area contributed by atoms with Gasteiger partial charge in [-0.25, -0.2) is 8.42 Å². The molecule has 0 radical (unpaired) electrons.